The maximum absolute atomic E-state index is 14.5. The molecule has 0 radical (unpaired) electrons. The van der Waals surface area contributed by atoms with Crippen molar-refractivity contribution in [2.45, 2.75) is 110 Å². The highest BCUT2D eigenvalue weighted by atomic mass is 16.6. The summed E-state index contributed by atoms with van der Waals surface area (Å²) >= 11 is 0. The molecule has 0 heterocycles. The Morgan fingerprint density at radius 3 is 2.02 bits per heavy atom. The molecule has 12 heteroatoms. The number of esters is 4. The molecule has 2 N–H and O–H groups in total. The first-order valence-corrected chi connectivity index (χ1v) is 16.5. The lowest BCUT2D eigenvalue weighted by molar-refractivity contribution is -0.174. The first-order chi connectivity index (χ1) is 22.8. The smallest absolute Gasteiger partial charge is 0.337 e. The molecule has 0 saturated heterocycles. The van der Waals surface area contributed by atoms with Gasteiger partial charge in [0.2, 0.25) is 0 Å². The van der Waals surface area contributed by atoms with Gasteiger partial charge in [-0.15, -0.1) is 0 Å². The van der Waals surface area contributed by atoms with E-state index in [1.165, 1.54) is 20.8 Å². The molecular formula is C37H49NO11. The first kappa shape index (κ1) is 37.9. The van der Waals surface area contributed by atoms with Crippen LogP contribution in [0.15, 0.2) is 53.1 Å². The minimum absolute atomic E-state index is 0.116. The summed E-state index contributed by atoms with van der Waals surface area (Å²) in [5.74, 6) is -4.00. The number of likely N-dealkylation sites (N-methyl/N-ethyl adjacent to an activating group) is 1. The van der Waals surface area contributed by atoms with Gasteiger partial charge < -0.3 is 29.2 Å². The van der Waals surface area contributed by atoms with Crippen molar-refractivity contribution in [1.82, 2.24) is 4.90 Å². The van der Waals surface area contributed by atoms with Gasteiger partial charge in [-0.2, -0.15) is 0 Å². The van der Waals surface area contributed by atoms with Crippen molar-refractivity contribution in [2.75, 3.05) is 14.1 Å². The fourth-order valence-corrected chi connectivity index (χ4v) is 8.04. The molecule has 0 amide bonds. The zero-order valence-corrected chi connectivity index (χ0v) is 29.7. The van der Waals surface area contributed by atoms with Crippen LogP contribution >= 0.6 is 0 Å². The number of Topliss-reactive ketones (excluding diaryl/α,β-unsaturated/α-hetero) is 1. The highest BCUT2D eigenvalue weighted by molar-refractivity contribution is 5.93. The van der Waals surface area contributed by atoms with Crippen LogP contribution in [0.25, 0.3) is 0 Å². The van der Waals surface area contributed by atoms with Gasteiger partial charge in [-0.1, -0.05) is 44.2 Å². The van der Waals surface area contributed by atoms with Crippen molar-refractivity contribution in [1.29, 1.82) is 0 Å². The number of ether oxygens (including phenoxy) is 4. The topological polar surface area (TPSA) is 166 Å². The highest BCUT2D eigenvalue weighted by Crippen LogP contribution is 2.53. The van der Waals surface area contributed by atoms with Crippen molar-refractivity contribution in [2.24, 2.45) is 16.7 Å². The van der Waals surface area contributed by atoms with Crippen LogP contribution in [0.5, 0.6) is 0 Å². The lowest BCUT2D eigenvalue weighted by Gasteiger charge is -2.51. The molecule has 0 aromatic heterocycles. The summed E-state index contributed by atoms with van der Waals surface area (Å²) in [6.45, 7) is 10.7. The summed E-state index contributed by atoms with van der Waals surface area (Å²) in [4.78, 5) is 67.1. The Morgan fingerprint density at radius 2 is 1.47 bits per heavy atom. The number of rotatable bonds is 8. The van der Waals surface area contributed by atoms with E-state index in [1.54, 1.807) is 63.2 Å². The summed E-state index contributed by atoms with van der Waals surface area (Å²) in [7, 11) is 3.45. The Hall–Kier alpha value is -3.87. The van der Waals surface area contributed by atoms with Crippen LogP contribution in [0.2, 0.25) is 0 Å². The van der Waals surface area contributed by atoms with E-state index >= 15 is 0 Å². The molecule has 1 fully saturated rings. The van der Waals surface area contributed by atoms with Crippen LogP contribution in [0.3, 0.4) is 0 Å². The van der Waals surface area contributed by atoms with Crippen LogP contribution in [0, 0.1) is 16.7 Å². The van der Waals surface area contributed by atoms with E-state index < -0.39 is 89.1 Å². The molecule has 3 aliphatic rings. The molecule has 0 spiro atoms. The predicted molar refractivity (Wildman–Crippen MR) is 176 cm³/mol. The minimum atomic E-state index is -1.69. The molecule has 268 valence electrons. The average molecular weight is 684 g/mol. The molecule has 1 unspecified atom stereocenters. The molecule has 9 atom stereocenters. The third kappa shape index (κ3) is 7.66. The molecule has 1 aromatic rings. The number of hydrogen-bond acceptors (Lipinski definition) is 12. The van der Waals surface area contributed by atoms with Crippen molar-refractivity contribution in [3.05, 3.63) is 58.7 Å². The van der Waals surface area contributed by atoms with Crippen LogP contribution in [0.1, 0.15) is 79.3 Å². The number of carbonyl (C=O) groups is 5. The van der Waals surface area contributed by atoms with E-state index in [4.69, 9.17) is 18.9 Å². The Morgan fingerprint density at radius 1 is 0.878 bits per heavy atom. The summed E-state index contributed by atoms with van der Waals surface area (Å²) < 4.78 is 23.3. The molecule has 12 nitrogen and oxygen atoms in total. The maximum atomic E-state index is 14.5. The Labute approximate surface area is 287 Å². The van der Waals surface area contributed by atoms with Gasteiger partial charge in [-0.05, 0) is 74.6 Å². The first-order valence-electron chi connectivity index (χ1n) is 16.5. The number of hydrogen-bond donors (Lipinski definition) is 2. The zero-order valence-electron chi connectivity index (χ0n) is 29.7. The maximum Gasteiger partial charge on any atom is 0.337 e. The van der Waals surface area contributed by atoms with E-state index in [0.717, 1.165) is 0 Å². The fraction of sp³-hybridized carbons (Fsp3) is 0.595. The van der Waals surface area contributed by atoms with E-state index in [1.807, 2.05) is 19.9 Å². The van der Waals surface area contributed by atoms with Crippen molar-refractivity contribution >= 4 is 29.7 Å². The highest BCUT2D eigenvalue weighted by Gasteiger charge is 2.57. The number of aliphatic hydroxyl groups is 2. The summed E-state index contributed by atoms with van der Waals surface area (Å²) in [6, 6.07) is 8.22. The van der Waals surface area contributed by atoms with Gasteiger partial charge >= 0.3 is 23.9 Å². The second kappa shape index (κ2) is 14.5. The normalized spacial score (nSPS) is 31.8. The third-order valence-corrected chi connectivity index (χ3v) is 10.4. The van der Waals surface area contributed by atoms with Crippen molar-refractivity contribution in [3.63, 3.8) is 0 Å². The lowest BCUT2D eigenvalue weighted by Crippen LogP contribution is -2.57. The van der Waals surface area contributed by atoms with Gasteiger partial charge in [0.15, 0.2) is 11.9 Å². The van der Waals surface area contributed by atoms with E-state index in [2.05, 4.69) is 0 Å². The number of fused-ring (bicyclic) bond motifs is 4. The standard InChI is InChI=1S/C37H49NO11/c1-19-26(46-20(2)39)16-25-28(47-21(3)40)15-24-18-37(7,34(44)32(42)30(19)36(25,5)6)29(48-22(4)41)17-27(24)49-35(45)33(43)31(38(8)9)23-13-11-10-12-14-23/h10-15,25-29,31-33,42-43H,16-18H2,1-9H3/b24-15+/t25-,26+,27-,28+,29+,31?,32-,33-,37+/m0/s1. The van der Waals surface area contributed by atoms with E-state index in [9.17, 15) is 34.2 Å². The summed E-state index contributed by atoms with van der Waals surface area (Å²) in [5.41, 5.74) is -0.553. The summed E-state index contributed by atoms with van der Waals surface area (Å²) in [6.07, 6.45) is -5.76. The molecule has 4 bridgehead atoms. The largest absolute Gasteiger partial charge is 0.461 e. The average Bonchev–Trinajstić information content (AvgIpc) is 2.99. The number of carbonyl (C=O) groups excluding carboxylic acids is 5. The lowest BCUT2D eigenvalue weighted by atomic mass is 9.57. The Balaban J connectivity index is 1.88. The third-order valence-electron chi connectivity index (χ3n) is 10.4. The monoisotopic (exact) mass is 683 g/mol. The Bertz CT molecular complexity index is 1530. The van der Waals surface area contributed by atoms with Crippen molar-refractivity contribution < 1.29 is 53.1 Å². The van der Waals surface area contributed by atoms with Gasteiger partial charge in [0.25, 0.3) is 0 Å². The zero-order chi connectivity index (χ0) is 36.6. The molecule has 3 aliphatic carbocycles. The quantitative estimate of drug-likeness (QED) is 0.233. The predicted octanol–water partition coefficient (Wildman–Crippen LogP) is 3.39. The number of aliphatic hydroxyl groups excluding tert-OH is 2. The second-order valence-corrected chi connectivity index (χ2v) is 14.5. The number of benzene rings is 1. The van der Waals surface area contributed by atoms with E-state index in [0.29, 0.717) is 22.3 Å². The van der Waals surface area contributed by atoms with Crippen molar-refractivity contribution in [3.8, 4) is 0 Å². The number of ketones is 1. The summed E-state index contributed by atoms with van der Waals surface area (Å²) in [5, 5.41) is 23.3. The Kier molecular flexibility index (Phi) is 11.3. The van der Waals surface area contributed by atoms with Gasteiger partial charge in [0, 0.05) is 33.1 Å². The second-order valence-electron chi connectivity index (χ2n) is 14.5. The molecule has 4 rings (SSSR count). The molecule has 49 heavy (non-hydrogen) atoms. The van der Waals surface area contributed by atoms with Crippen LogP contribution in [0.4, 0.5) is 0 Å². The fourth-order valence-electron chi connectivity index (χ4n) is 8.04. The number of nitrogens with zero attached hydrogens (tertiary/aromatic N) is 1. The van der Waals surface area contributed by atoms with Gasteiger partial charge in [-0.25, -0.2) is 4.79 Å². The van der Waals surface area contributed by atoms with Gasteiger partial charge in [-0.3, -0.25) is 24.1 Å². The molecule has 1 saturated carbocycles. The van der Waals surface area contributed by atoms with E-state index in [-0.39, 0.29) is 19.3 Å². The molecular weight excluding hydrogens is 634 g/mol. The van der Waals surface area contributed by atoms with Crippen LogP contribution < -0.4 is 0 Å². The SMILES string of the molecule is CC(=O)O[C@@H]1C[C@H]2[C@H](OC(C)=O)/C=C3\C[C@@](C)(C(=O)[C@@H](O)C(=C1C)C2(C)C)[C@H](OC(C)=O)C[C@@H]3OC(=O)[C@@H](O)C(c1ccccc1)N(C)C. The van der Waals surface area contributed by atoms with Crippen LogP contribution in [-0.2, 0) is 42.9 Å². The minimum Gasteiger partial charge on any atom is -0.461 e. The van der Waals surface area contributed by atoms with Crippen LogP contribution in [-0.4, -0.2) is 95.5 Å². The van der Waals surface area contributed by atoms with Gasteiger partial charge in [0.05, 0.1) is 11.5 Å². The molecule has 0 aliphatic heterocycles. The van der Waals surface area contributed by atoms with Gasteiger partial charge in [0.1, 0.15) is 30.5 Å². The molecule has 1 aromatic carbocycles.